The molecule has 1 aliphatic rings. The SMILES string of the molecule is O=C(Nc1ccc(OC(F)(F)F)cc1F)Nc1cccnc1Oc1ccc(F)cc1C1(C(F)(F)F)CCO1. The topological polar surface area (TPSA) is 81.7 Å². The predicted molar refractivity (Wildman–Crippen MR) is 115 cm³/mol. The van der Waals surface area contributed by atoms with Crippen molar-refractivity contribution in [3.8, 4) is 17.4 Å². The minimum Gasteiger partial charge on any atom is -0.437 e. The van der Waals surface area contributed by atoms with Gasteiger partial charge in [-0.3, -0.25) is 0 Å². The van der Waals surface area contributed by atoms with E-state index in [4.69, 9.17) is 9.47 Å². The van der Waals surface area contributed by atoms with Gasteiger partial charge in [0.1, 0.15) is 28.8 Å². The first-order valence-electron chi connectivity index (χ1n) is 10.5. The summed E-state index contributed by atoms with van der Waals surface area (Å²) in [6.07, 6.45) is -9.23. The van der Waals surface area contributed by atoms with Gasteiger partial charge in [0.15, 0.2) is 5.60 Å². The minimum absolute atomic E-state index is 0.187. The second kappa shape index (κ2) is 9.96. The molecule has 0 saturated carbocycles. The number of hydrogen-bond donors (Lipinski definition) is 2. The number of ether oxygens (including phenoxy) is 3. The van der Waals surface area contributed by atoms with E-state index in [0.717, 1.165) is 24.3 Å². The molecule has 1 aliphatic heterocycles. The zero-order chi connectivity index (χ0) is 27.7. The van der Waals surface area contributed by atoms with Crippen molar-refractivity contribution in [3.05, 3.63) is 71.9 Å². The van der Waals surface area contributed by atoms with Gasteiger partial charge in [0.25, 0.3) is 0 Å². The number of hydrogen-bond acceptors (Lipinski definition) is 5. The molecule has 2 heterocycles. The van der Waals surface area contributed by atoms with E-state index in [1.54, 1.807) is 0 Å². The smallest absolute Gasteiger partial charge is 0.437 e. The number of carbonyl (C=O) groups is 1. The number of aromatic nitrogens is 1. The largest absolute Gasteiger partial charge is 0.573 e. The summed E-state index contributed by atoms with van der Waals surface area (Å²) in [4.78, 5) is 16.3. The first-order valence-corrected chi connectivity index (χ1v) is 10.5. The van der Waals surface area contributed by atoms with Crippen LogP contribution in [0.4, 0.5) is 51.3 Å². The second-order valence-corrected chi connectivity index (χ2v) is 7.79. The Hall–Kier alpha value is -4.14. The van der Waals surface area contributed by atoms with Crippen LogP contribution in [-0.2, 0) is 10.3 Å². The van der Waals surface area contributed by atoms with Gasteiger partial charge in [-0.05, 0) is 42.5 Å². The molecule has 1 saturated heterocycles. The number of anilines is 2. The van der Waals surface area contributed by atoms with Gasteiger partial charge in [-0.1, -0.05) is 0 Å². The number of benzene rings is 2. The molecule has 2 amide bonds. The normalized spacial score (nSPS) is 17.4. The first-order chi connectivity index (χ1) is 17.8. The molecule has 1 atom stereocenters. The van der Waals surface area contributed by atoms with Crippen molar-refractivity contribution >= 4 is 17.4 Å². The molecular weight excluding hydrogens is 534 g/mol. The van der Waals surface area contributed by atoms with Crippen molar-refractivity contribution in [3.63, 3.8) is 0 Å². The molecule has 0 spiro atoms. The minimum atomic E-state index is -5.05. The molecule has 7 nitrogen and oxygen atoms in total. The first kappa shape index (κ1) is 26.9. The fourth-order valence-corrected chi connectivity index (χ4v) is 3.54. The predicted octanol–water partition coefficient (Wildman–Crippen LogP) is 6.87. The van der Waals surface area contributed by atoms with E-state index in [1.807, 2.05) is 0 Å². The van der Waals surface area contributed by atoms with Gasteiger partial charge in [0.05, 0.1) is 12.3 Å². The van der Waals surface area contributed by atoms with Gasteiger partial charge in [0, 0.05) is 24.2 Å². The summed E-state index contributed by atoms with van der Waals surface area (Å²) in [5.41, 5.74) is -4.14. The average molecular weight is 549 g/mol. The van der Waals surface area contributed by atoms with Gasteiger partial charge < -0.3 is 24.8 Å². The van der Waals surface area contributed by atoms with E-state index >= 15 is 0 Å². The number of halogens is 8. The fraction of sp³-hybridized carbons (Fsp3) is 0.217. The highest BCUT2D eigenvalue weighted by Gasteiger charge is 2.62. The molecule has 4 rings (SSSR count). The number of alkyl halides is 6. The molecule has 15 heteroatoms. The van der Waals surface area contributed by atoms with Crippen LogP contribution in [-0.4, -0.2) is 30.2 Å². The highest BCUT2D eigenvalue weighted by Crippen LogP contribution is 2.53. The maximum absolute atomic E-state index is 14.2. The number of nitrogens with zero attached hydrogens (tertiary/aromatic N) is 1. The standard InChI is InChI=1S/C23H15F8N3O4/c24-12-3-6-18(14(10-12)21(7-9-36-21)22(26,27)28)37-19-17(2-1-8-32-19)34-20(35)33-16-5-4-13(11-15(16)25)38-23(29,30)31/h1-6,8,10-11H,7,9H2,(H2,33,34,35). The summed E-state index contributed by atoms with van der Waals surface area (Å²) in [5.74, 6) is -3.93. The number of urea groups is 1. The quantitative estimate of drug-likeness (QED) is 0.328. The molecule has 2 aromatic carbocycles. The zero-order valence-corrected chi connectivity index (χ0v) is 18.7. The van der Waals surface area contributed by atoms with E-state index < -0.39 is 70.9 Å². The molecule has 0 aliphatic carbocycles. The van der Waals surface area contributed by atoms with Crippen LogP contribution in [0.15, 0.2) is 54.7 Å². The monoisotopic (exact) mass is 549 g/mol. The summed E-state index contributed by atoms with van der Waals surface area (Å²) < 4.78 is 120. The molecular formula is C23H15F8N3O4. The van der Waals surface area contributed by atoms with Crippen LogP contribution in [0.2, 0.25) is 0 Å². The Bertz CT molecular complexity index is 1340. The number of amides is 2. The number of pyridine rings is 1. The average Bonchev–Trinajstić information content (AvgIpc) is 2.76. The zero-order valence-electron chi connectivity index (χ0n) is 18.7. The van der Waals surface area contributed by atoms with Crippen molar-refractivity contribution in [2.24, 2.45) is 0 Å². The van der Waals surface area contributed by atoms with Gasteiger partial charge in [-0.2, -0.15) is 13.2 Å². The van der Waals surface area contributed by atoms with Crippen molar-refractivity contribution < 1.29 is 54.1 Å². The molecule has 1 unspecified atom stereocenters. The van der Waals surface area contributed by atoms with Crippen LogP contribution >= 0.6 is 0 Å². The summed E-state index contributed by atoms with van der Waals surface area (Å²) >= 11 is 0. The summed E-state index contributed by atoms with van der Waals surface area (Å²) in [6, 6.07) is 5.90. The van der Waals surface area contributed by atoms with Crippen molar-refractivity contribution in [1.82, 2.24) is 4.98 Å². The van der Waals surface area contributed by atoms with Crippen LogP contribution in [0.25, 0.3) is 0 Å². The van der Waals surface area contributed by atoms with E-state index in [0.29, 0.717) is 12.1 Å². The molecule has 202 valence electrons. The summed E-state index contributed by atoms with van der Waals surface area (Å²) in [7, 11) is 0. The summed E-state index contributed by atoms with van der Waals surface area (Å²) in [6.45, 7) is -0.216. The number of nitrogens with one attached hydrogen (secondary N) is 2. The molecule has 0 bridgehead atoms. The molecule has 2 N–H and O–H groups in total. The van der Waals surface area contributed by atoms with Crippen molar-refractivity contribution in [2.75, 3.05) is 17.2 Å². The Morgan fingerprint density at radius 3 is 2.29 bits per heavy atom. The van der Waals surface area contributed by atoms with Crippen LogP contribution in [0, 0.1) is 11.6 Å². The third-order valence-corrected chi connectivity index (χ3v) is 5.29. The Balaban J connectivity index is 1.54. The van der Waals surface area contributed by atoms with Crippen LogP contribution in [0.5, 0.6) is 17.4 Å². The van der Waals surface area contributed by atoms with Crippen molar-refractivity contribution in [1.29, 1.82) is 0 Å². The van der Waals surface area contributed by atoms with E-state index in [9.17, 15) is 39.9 Å². The maximum Gasteiger partial charge on any atom is 0.573 e. The lowest BCUT2D eigenvalue weighted by atomic mass is 9.85. The number of carbonyl (C=O) groups excluding carboxylic acids is 1. The third kappa shape index (κ3) is 5.72. The summed E-state index contributed by atoms with van der Waals surface area (Å²) in [5, 5.41) is 4.30. The highest BCUT2D eigenvalue weighted by molar-refractivity contribution is 6.00. The molecule has 1 fully saturated rings. The Labute approximate surface area is 208 Å². The van der Waals surface area contributed by atoms with Gasteiger partial charge in [-0.15, -0.1) is 13.2 Å². The maximum atomic E-state index is 14.2. The molecule has 3 aromatic rings. The lowest BCUT2D eigenvalue weighted by Crippen LogP contribution is -2.52. The highest BCUT2D eigenvalue weighted by atomic mass is 19.4. The van der Waals surface area contributed by atoms with Crippen LogP contribution in [0.1, 0.15) is 12.0 Å². The van der Waals surface area contributed by atoms with E-state index in [-0.39, 0.29) is 12.3 Å². The Morgan fingerprint density at radius 1 is 0.974 bits per heavy atom. The lowest BCUT2D eigenvalue weighted by molar-refractivity contribution is -0.333. The second-order valence-electron chi connectivity index (χ2n) is 7.79. The van der Waals surface area contributed by atoms with Gasteiger partial charge >= 0.3 is 18.6 Å². The molecule has 38 heavy (non-hydrogen) atoms. The van der Waals surface area contributed by atoms with E-state index in [2.05, 4.69) is 20.4 Å². The fourth-order valence-electron chi connectivity index (χ4n) is 3.54. The van der Waals surface area contributed by atoms with Gasteiger partial charge in [0.2, 0.25) is 5.88 Å². The van der Waals surface area contributed by atoms with Gasteiger partial charge in [-0.25, -0.2) is 18.6 Å². The van der Waals surface area contributed by atoms with Crippen molar-refractivity contribution in [2.45, 2.75) is 24.6 Å². The van der Waals surface area contributed by atoms with Crippen LogP contribution < -0.4 is 20.1 Å². The lowest BCUT2D eigenvalue weighted by Gasteiger charge is -2.43. The molecule has 0 radical (unpaired) electrons. The third-order valence-electron chi connectivity index (χ3n) is 5.29. The van der Waals surface area contributed by atoms with Crippen LogP contribution in [0.3, 0.4) is 0 Å². The Morgan fingerprint density at radius 2 is 1.68 bits per heavy atom. The van der Waals surface area contributed by atoms with E-state index in [1.165, 1.54) is 18.3 Å². The molecule has 1 aromatic heterocycles. The number of rotatable bonds is 6. The Kier molecular flexibility index (Phi) is 7.06.